The maximum atomic E-state index is 12.7. The molecule has 3 aromatic carbocycles. The van der Waals surface area contributed by atoms with Crippen LogP contribution in [-0.4, -0.2) is 23.7 Å². The van der Waals surface area contributed by atoms with Crippen molar-refractivity contribution in [1.29, 1.82) is 0 Å². The normalized spacial score (nSPS) is 13.0. The van der Waals surface area contributed by atoms with Crippen molar-refractivity contribution in [2.75, 3.05) is 6.54 Å². The number of nitrogens with two attached hydrogens (primary N) is 2. The van der Waals surface area contributed by atoms with Gasteiger partial charge in [0.2, 0.25) is 5.12 Å². The van der Waals surface area contributed by atoms with Crippen molar-refractivity contribution in [3.05, 3.63) is 78.4 Å². The molecule has 2 atom stereocenters. The minimum absolute atomic E-state index is 0.138. The van der Waals surface area contributed by atoms with Gasteiger partial charge in [-0.2, -0.15) is 0 Å². The molecule has 0 spiro atoms. The van der Waals surface area contributed by atoms with Crippen LogP contribution >= 0.6 is 11.8 Å². The fourth-order valence-electron chi connectivity index (χ4n) is 3.04. The predicted molar refractivity (Wildman–Crippen MR) is 116 cm³/mol. The zero-order chi connectivity index (χ0) is 20.6. The molecule has 0 bridgehead atoms. The maximum absolute atomic E-state index is 12.7. The average molecular weight is 409 g/mol. The lowest BCUT2D eigenvalue weighted by molar-refractivity contribution is -0.151. The summed E-state index contributed by atoms with van der Waals surface area (Å²) in [7, 11) is 0. The van der Waals surface area contributed by atoms with Gasteiger partial charge in [0, 0.05) is 4.90 Å². The quantitative estimate of drug-likeness (QED) is 0.438. The number of ether oxygens (including phenoxy) is 1. The Kier molecular flexibility index (Phi) is 7.41. The summed E-state index contributed by atoms with van der Waals surface area (Å²) >= 11 is 1.04. The molecule has 3 aromatic rings. The Bertz CT molecular complexity index is 978. The fourth-order valence-corrected chi connectivity index (χ4v) is 3.89. The number of hydrogen-bond donors (Lipinski definition) is 2. The lowest BCUT2D eigenvalue weighted by Crippen LogP contribution is -2.42. The summed E-state index contributed by atoms with van der Waals surface area (Å²) in [5.41, 5.74) is 12.7. The molecule has 0 aromatic heterocycles. The van der Waals surface area contributed by atoms with E-state index in [0.29, 0.717) is 6.42 Å². The van der Waals surface area contributed by atoms with Crippen molar-refractivity contribution in [2.45, 2.75) is 24.0 Å². The molecule has 0 radical (unpaired) electrons. The van der Waals surface area contributed by atoms with Gasteiger partial charge in [0.1, 0.15) is 6.61 Å². The number of rotatable bonds is 8. The summed E-state index contributed by atoms with van der Waals surface area (Å²) in [4.78, 5) is 26.1. The van der Waals surface area contributed by atoms with Gasteiger partial charge in [0.05, 0.1) is 12.0 Å². The van der Waals surface area contributed by atoms with Gasteiger partial charge in [-0.1, -0.05) is 72.4 Å². The molecule has 3 rings (SSSR count). The molecule has 29 heavy (non-hydrogen) atoms. The maximum Gasteiger partial charge on any atom is 0.311 e. The van der Waals surface area contributed by atoms with Gasteiger partial charge in [-0.05, 0) is 41.4 Å². The minimum atomic E-state index is -0.988. The van der Waals surface area contributed by atoms with E-state index < -0.39 is 17.9 Å². The van der Waals surface area contributed by atoms with E-state index in [1.807, 2.05) is 72.8 Å². The largest absolute Gasteiger partial charge is 0.461 e. The third-order valence-electron chi connectivity index (χ3n) is 4.65. The van der Waals surface area contributed by atoms with Crippen LogP contribution in [0.25, 0.3) is 10.8 Å². The van der Waals surface area contributed by atoms with Crippen molar-refractivity contribution in [3.63, 3.8) is 0 Å². The molecule has 6 heteroatoms. The summed E-state index contributed by atoms with van der Waals surface area (Å²) in [6, 6.07) is 22.1. The number of carbonyl (C=O) groups is 2. The lowest BCUT2D eigenvalue weighted by Gasteiger charge is -2.20. The Morgan fingerprint density at radius 2 is 1.62 bits per heavy atom. The smallest absolute Gasteiger partial charge is 0.311 e. The van der Waals surface area contributed by atoms with Crippen LogP contribution in [0.1, 0.15) is 12.0 Å². The molecule has 0 aliphatic carbocycles. The zero-order valence-corrected chi connectivity index (χ0v) is 16.8. The molecule has 0 aliphatic rings. The summed E-state index contributed by atoms with van der Waals surface area (Å²) in [5.74, 6) is -1.27. The topological polar surface area (TPSA) is 95.4 Å². The predicted octanol–water partition coefficient (Wildman–Crippen LogP) is 3.49. The van der Waals surface area contributed by atoms with Crippen LogP contribution < -0.4 is 11.5 Å². The van der Waals surface area contributed by atoms with Gasteiger partial charge in [0.15, 0.2) is 0 Å². The van der Waals surface area contributed by atoms with Crippen molar-refractivity contribution in [2.24, 2.45) is 17.4 Å². The minimum Gasteiger partial charge on any atom is -0.461 e. The van der Waals surface area contributed by atoms with Crippen molar-refractivity contribution >= 4 is 33.6 Å². The standard InChI is InChI=1S/C23H24N2O3S/c24-13-12-20(22(26)28-15-16-6-2-1-3-7-16)21(25)23(27)29-19-11-10-17-8-4-5-9-18(17)14-19/h1-11,14,20-21H,12-13,15,24-25H2/t20?,21-/m0/s1. The number of benzene rings is 3. The van der Waals surface area contributed by atoms with Gasteiger partial charge in [-0.15, -0.1) is 0 Å². The van der Waals surface area contributed by atoms with E-state index in [9.17, 15) is 9.59 Å². The van der Waals surface area contributed by atoms with Crippen LogP contribution in [0.4, 0.5) is 0 Å². The zero-order valence-electron chi connectivity index (χ0n) is 16.0. The number of hydrogen-bond acceptors (Lipinski definition) is 6. The van der Waals surface area contributed by atoms with E-state index in [0.717, 1.165) is 33.0 Å². The first-order chi connectivity index (χ1) is 14.1. The Hall–Kier alpha value is -2.67. The van der Waals surface area contributed by atoms with Gasteiger partial charge >= 0.3 is 5.97 Å². The monoisotopic (exact) mass is 408 g/mol. The van der Waals surface area contributed by atoms with E-state index in [-0.39, 0.29) is 18.3 Å². The molecule has 1 unspecified atom stereocenters. The van der Waals surface area contributed by atoms with E-state index >= 15 is 0 Å². The molecule has 0 amide bonds. The van der Waals surface area contributed by atoms with Crippen LogP contribution in [0.3, 0.4) is 0 Å². The molecule has 5 nitrogen and oxygen atoms in total. The SMILES string of the molecule is NCCC(C(=O)OCc1ccccc1)[C@H](N)C(=O)Sc1ccc2ccccc2c1. The van der Waals surface area contributed by atoms with Crippen LogP contribution in [0.15, 0.2) is 77.7 Å². The van der Waals surface area contributed by atoms with E-state index in [4.69, 9.17) is 16.2 Å². The van der Waals surface area contributed by atoms with Crippen LogP contribution in [0.2, 0.25) is 0 Å². The first-order valence-electron chi connectivity index (χ1n) is 9.45. The second-order valence-corrected chi connectivity index (χ2v) is 7.81. The van der Waals surface area contributed by atoms with E-state index in [1.165, 1.54) is 0 Å². The Balaban J connectivity index is 1.65. The molecular weight excluding hydrogens is 384 g/mol. The van der Waals surface area contributed by atoms with Gasteiger partial charge in [0.25, 0.3) is 0 Å². The summed E-state index contributed by atoms with van der Waals surface area (Å²) < 4.78 is 5.39. The molecule has 0 fully saturated rings. The molecule has 4 N–H and O–H groups in total. The van der Waals surface area contributed by atoms with E-state index in [2.05, 4.69) is 0 Å². The highest BCUT2D eigenvalue weighted by Gasteiger charge is 2.32. The van der Waals surface area contributed by atoms with Crippen LogP contribution in [0, 0.1) is 5.92 Å². The van der Waals surface area contributed by atoms with Crippen LogP contribution in [0.5, 0.6) is 0 Å². The first kappa shape index (κ1) is 21.0. The first-order valence-corrected chi connectivity index (χ1v) is 10.3. The van der Waals surface area contributed by atoms with Crippen molar-refractivity contribution in [1.82, 2.24) is 0 Å². The molecular formula is C23H24N2O3S. The highest BCUT2D eigenvalue weighted by molar-refractivity contribution is 8.13. The molecule has 0 aliphatic heterocycles. The van der Waals surface area contributed by atoms with Gasteiger partial charge < -0.3 is 16.2 Å². The third-order valence-corrected chi connectivity index (χ3v) is 5.61. The van der Waals surface area contributed by atoms with Crippen molar-refractivity contribution < 1.29 is 14.3 Å². The van der Waals surface area contributed by atoms with Crippen molar-refractivity contribution in [3.8, 4) is 0 Å². The van der Waals surface area contributed by atoms with Gasteiger partial charge in [-0.3, -0.25) is 9.59 Å². The number of thioether (sulfide) groups is 1. The molecule has 0 saturated heterocycles. The van der Waals surface area contributed by atoms with Crippen LogP contribution in [-0.2, 0) is 20.9 Å². The fraction of sp³-hybridized carbons (Fsp3) is 0.217. The summed E-state index contributed by atoms with van der Waals surface area (Å²) in [6.45, 7) is 0.381. The second kappa shape index (κ2) is 10.2. The Labute approximate surface area is 174 Å². The Morgan fingerprint density at radius 3 is 2.34 bits per heavy atom. The molecule has 0 heterocycles. The summed E-state index contributed by atoms with van der Waals surface area (Å²) in [5, 5.41) is 1.86. The number of esters is 1. The number of carbonyl (C=O) groups excluding carboxylic acids is 2. The van der Waals surface area contributed by atoms with E-state index in [1.54, 1.807) is 0 Å². The number of fused-ring (bicyclic) bond motifs is 1. The lowest BCUT2D eigenvalue weighted by atomic mass is 9.98. The third kappa shape index (κ3) is 5.67. The second-order valence-electron chi connectivity index (χ2n) is 6.73. The molecule has 0 saturated carbocycles. The highest BCUT2D eigenvalue weighted by Crippen LogP contribution is 2.27. The van der Waals surface area contributed by atoms with Gasteiger partial charge in [-0.25, -0.2) is 0 Å². The average Bonchev–Trinajstić information content (AvgIpc) is 2.76. The summed E-state index contributed by atoms with van der Waals surface area (Å²) in [6.07, 6.45) is 0.290. The molecule has 150 valence electrons. The Morgan fingerprint density at radius 1 is 0.931 bits per heavy atom. The highest BCUT2D eigenvalue weighted by atomic mass is 32.2.